The molecule has 0 unspecified atom stereocenters. The van der Waals surface area contributed by atoms with E-state index in [1.54, 1.807) is 30.9 Å². The third-order valence-corrected chi connectivity index (χ3v) is 4.30. The molecule has 25 heavy (non-hydrogen) atoms. The fraction of sp³-hybridized carbons (Fsp3) is 0.278. The summed E-state index contributed by atoms with van der Waals surface area (Å²) in [7, 11) is 0. The third-order valence-electron chi connectivity index (χ3n) is 4.30. The summed E-state index contributed by atoms with van der Waals surface area (Å²) in [6, 6.07) is 7.35. The largest absolute Gasteiger partial charge is 0.492 e. The van der Waals surface area contributed by atoms with Crippen molar-refractivity contribution in [3.63, 3.8) is 0 Å². The van der Waals surface area contributed by atoms with E-state index in [1.165, 1.54) is 0 Å². The van der Waals surface area contributed by atoms with Gasteiger partial charge in [0.15, 0.2) is 0 Å². The lowest BCUT2D eigenvalue weighted by Crippen LogP contribution is -2.36. The number of hydrogen-bond donors (Lipinski definition) is 1. The molecule has 7 heteroatoms. The molecule has 128 valence electrons. The van der Waals surface area contributed by atoms with Crippen molar-refractivity contribution < 1.29 is 9.53 Å². The standard InChI is InChI=1S/C18H19N5O2/c24-18(16-4-2-6-20-16)23-11-14(10-22-8-7-21-17(22)12-23)13-25-15-3-1-5-19-9-15/h1-9,14,20H,10-13H2/t14-/m0/s1. The first-order valence-electron chi connectivity index (χ1n) is 8.25. The maximum atomic E-state index is 12.8. The number of nitrogens with zero attached hydrogens (tertiary/aromatic N) is 4. The van der Waals surface area contributed by atoms with E-state index in [4.69, 9.17) is 4.74 Å². The summed E-state index contributed by atoms with van der Waals surface area (Å²) in [5.74, 6) is 1.77. The fourth-order valence-corrected chi connectivity index (χ4v) is 3.08. The number of hydrogen-bond acceptors (Lipinski definition) is 4. The minimum atomic E-state index is -0.0205. The molecule has 4 heterocycles. The van der Waals surface area contributed by atoms with Gasteiger partial charge in [-0.2, -0.15) is 0 Å². The molecule has 0 aliphatic carbocycles. The molecule has 1 aliphatic heterocycles. The zero-order valence-corrected chi connectivity index (χ0v) is 13.7. The molecule has 1 atom stereocenters. The van der Waals surface area contributed by atoms with E-state index in [-0.39, 0.29) is 11.8 Å². The van der Waals surface area contributed by atoms with Crippen molar-refractivity contribution in [1.29, 1.82) is 0 Å². The van der Waals surface area contributed by atoms with Crippen LogP contribution >= 0.6 is 0 Å². The molecule has 3 aromatic heterocycles. The van der Waals surface area contributed by atoms with Crippen LogP contribution in [-0.2, 0) is 13.1 Å². The van der Waals surface area contributed by atoms with Crippen LogP contribution in [-0.4, -0.2) is 43.5 Å². The molecule has 0 fully saturated rings. The van der Waals surface area contributed by atoms with E-state index >= 15 is 0 Å². The number of carbonyl (C=O) groups is 1. The molecule has 7 nitrogen and oxygen atoms in total. The van der Waals surface area contributed by atoms with E-state index in [0.29, 0.717) is 25.4 Å². The van der Waals surface area contributed by atoms with Gasteiger partial charge < -0.3 is 19.2 Å². The normalized spacial score (nSPS) is 17.0. The predicted molar refractivity (Wildman–Crippen MR) is 91.0 cm³/mol. The maximum Gasteiger partial charge on any atom is 0.270 e. The van der Waals surface area contributed by atoms with Crippen LogP contribution in [0.2, 0.25) is 0 Å². The van der Waals surface area contributed by atoms with Crippen molar-refractivity contribution in [2.75, 3.05) is 13.2 Å². The van der Waals surface area contributed by atoms with Crippen LogP contribution < -0.4 is 4.74 Å². The third kappa shape index (κ3) is 3.40. The highest BCUT2D eigenvalue weighted by molar-refractivity contribution is 5.92. The number of carbonyl (C=O) groups excluding carboxylic acids is 1. The quantitative estimate of drug-likeness (QED) is 0.789. The fourth-order valence-electron chi connectivity index (χ4n) is 3.08. The number of aromatic nitrogens is 4. The predicted octanol–water partition coefficient (Wildman–Crippen LogP) is 1.96. The van der Waals surface area contributed by atoms with Crippen LogP contribution in [0.1, 0.15) is 16.3 Å². The molecule has 1 amide bonds. The first-order chi connectivity index (χ1) is 12.3. The zero-order chi connectivity index (χ0) is 17.1. The van der Waals surface area contributed by atoms with Gasteiger partial charge in [-0.3, -0.25) is 9.78 Å². The molecule has 0 aromatic carbocycles. The first kappa shape index (κ1) is 15.4. The van der Waals surface area contributed by atoms with E-state index < -0.39 is 0 Å². The van der Waals surface area contributed by atoms with Crippen molar-refractivity contribution in [3.8, 4) is 5.75 Å². The molecule has 3 aromatic rings. The topological polar surface area (TPSA) is 76.0 Å². The Hall–Kier alpha value is -3.09. The molecule has 1 N–H and O–H groups in total. The van der Waals surface area contributed by atoms with E-state index in [1.807, 2.05) is 29.3 Å². The lowest BCUT2D eigenvalue weighted by atomic mass is 10.1. The number of fused-ring (bicyclic) bond motifs is 1. The Balaban J connectivity index is 1.52. The van der Waals surface area contributed by atoms with E-state index in [2.05, 4.69) is 19.5 Å². The van der Waals surface area contributed by atoms with Crippen molar-refractivity contribution in [2.24, 2.45) is 5.92 Å². The Morgan fingerprint density at radius 3 is 3.04 bits per heavy atom. The summed E-state index contributed by atoms with van der Waals surface area (Å²) in [4.78, 5) is 26.0. The summed E-state index contributed by atoms with van der Waals surface area (Å²) >= 11 is 0. The number of H-pyrrole nitrogens is 1. The van der Waals surface area contributed by atoms with Crippen LogP contribution in [0, 0.1) is 5.92 Å². The van der Waals surface area contributed by atoms with Crippen molar-refractivity contribution in [3.05, 3.63) is 66.8 Å². The smallest absolute Gasteiger partial charge is 0.270 e. The van der Waals surface area contributed by atoms with Gasteiger partial charge in [0.1, 0.15) is 17.3 Å². The molecular formula is C18H19N5O2. The molecule has 1 aliphatic rings. The van der Waals surface area contributed by atoms with Crippen LogP contribution in [0.3, 0.4) is 0 Å². The molecule has 0 saturated heterocycles. The van der Waals surface area contributed by atoms with E-state index in [9.17, 15) is 4.79 Å². The molecule has 0 spiro atoms. The summed E-state index contributed by atoms with van der Waals surface area (Å²) in [6.45, 7) is 2.39. The summed E-state index contributed by atoms with van der Waals surface area (Å²) < 4.78 is 7.97. The number of amides is 1. The molecule has 0 saturated carbocycles. The average Bonchev–Trinajstić information content (AvgIpc) is 3.29. The number of nitrogens with one attached hydrogen (secondary N) is 1. The average molecular weight is 337 g/mol. The summed E-state index contributed by atoms with van der Waals surface area (Å²) in [5.41, 5.74) is 0.590. The minimum Gasteiger partial charge on any atom is -0.492 e. The van der Waals surface area contributed by atoms with E-state index in [0.717, 1.165) is 18.1 Å². The number of rotatable bonds is 4. The lowest BCUT2D eigenvalue weighted by Gasteiger charge is -2.23. The van der Waals surface area contributed by atoms with Gasteiger partial charge in [-0.25, -0.2) is 4.98 Å². The summed E-state index contributed by atoms with van der Waals surface area (Å²) in [5, 5.41) is 0. The number of imidazole rings is 1. The monoisotopic (exact) mass is 337 g/mol. The highest BCUT2D eigenvalue weighted by atomic mass is 16.5. The van der Waals surface area contributed by atoms with Crippen LogP contribution in [0.25, 0.3) is 0 Å². The van der Waals surface area contributed by atoms with Gasteiger partial charge in [-0.05, 0) is 24.3 Å². The Kier molecular flexibility index (Phi) is 4.20. The van der Waals surface area contributed by atoms with Gasteiger partial charge in [-0.15, -0.1) is 0 Å². The van der Waals surface area contributed by atoms with Gasteiger partial charge in [0.05, 0.1) is 19.3 Å². The molecule has 0 bridgehead atoms. The Morgan fingerprint density at radius 2 is 2.24 bits per heavy atom. The number of ether oxygens (including phenoxy) is 1. The SMILES string of the molecule is O=C(c1ccc[nH]1)N1Cc2nccn2C[C@H](COc2cccnc2)C1. The molecule has 0 radical (unpaired) electrons. The van der Waals surface area contributed by atoms with Crippen molar-refractivity contribution in [2.45, 2.75) is 13.1 Å². The van der Waals surface area contributed by atoms with Crippen LogP contribution in [0.5, 0.6) is 5.75 Å². The Morgan fingerprint density at radius 1 is 1.28 bits per heavy atom. The van der Waals surface area contributed by atoms with Gasteiger partial charge in [-0.1, -0.05) is 0 Å². The second-order valence-electron chi connectivity index (χ2n) is 6.13. The maximum absolute atomic E-state index is 12.8. The number of aromatic amines is 1. The highest BCUT2D eigenvalue weighted by Gasteiger charge is 2.27. The second-order valence-corrected chi connectivity index (χ2v) is 6.13. The van der Waals surface area contributed by atoms with Gasteiger partial charge in [0.25, 0.3) is 5.91 Å². The summed E-state index contributed by atoms with van der Waals surface area (Å²) in [6.07, 6.45) is 8.90. The van der Waals surface area contributed by atoms with Gasteiger partial charge in [0.2, 0.25) is 0 Å². The van der Waals surface area contributed by atoms with Crippen molar-refractivity contribution in [1.82, 2.24) is 24.4 Å². The van der Waals surface area contributed by atoms with Crippen molar-refractivity contribution >= 4 is 5.91 Å². The first-order valence-corrected chi connectivity index (χ1v) is 8.25. The Labute approximate surface area is 145 Å². The Bertz CT molecular complexity index is 828. The van der Waals surface area contributed by atoms with Crippen LogP contribution in [0.4, 0.5) is 0 Å². The van der Waals surface area contributed by atoms with Crippen LogP contribution in [0.15, 0.2) is 55.2 Å². The zero-order valence-electron chi connectivity index (χ0n) is 13.7. The van der Waals surface area contributed by atoms with Gasteiger partial charge in [0, 0.05) is 43.8 Å². The molecular weight excluding hydrogens is 318 g/mol. The number of pyridine rings is 1. The second kappa shape index (κ2) is 6.80. The minimum absolute atomic E-state index is 0.0205. The van der Waals surface area contributed by atoms with Gasteiger partial charge >= 0.3 is 0 Å². The molecule has 4 rings (SSSR count). The highest BCUT2D eigenvalue weighted by Crippen LogP contribution is 2.19. The lowest BCUT2D eigenvalue weighted by molar-refractivity contribution is 0.0694.